The van der Waals surface area contributed by atoms with Gasteiger partial charge in [0.05, 0.1) is 49.3 Å². The van der Waals surface area contributed by atoms with Crippen molar-refractivity contribution in [1.29, 1.82) is 0 Å². The molecule has 0 aliphatic heterocycles. The van der Waals surface area contributed by atoms with Crippen molar-refractivity contribution in [3.63, 3.8) is 0 Å². The quantitative estimate of drug-likeness (QED) is 0.0662. The summed E-state index contributed by atoms with van der Waals surface area (Å²) in [6.07, 6.45) is 0. The SMILES string of the molecule is O=C(NC(CO)CO)C1(C(=O)NC(CO)CO)C23c4c5c6c7c8c9c(c%10c%11c2c2c4c4c%12c5c5c6c6c8c8c%13c9c9c%10c%10c%11c%11c2c2c4c4c%12c%12c5c5c6c8c6c8c%13c9c9c%10c%10c%11c2c2c4c4c%12c5c6c5c8c9c%10c2c45)C713. The third kappa shape index (κ3) is 1.72. The molecule has 1 fully saturated rings. The minimum atomic E-state index is -1.92. The normalized spacial score (nSPS) is 19.5. The molecule has 0 aromatic heterocycles. The van der Waals surface area contributed by atoms with Crippen LogP contribution in [0.1, 0.15) is 22.3 Å². The Morgan fingerprint density at radius 3 is 0.468 bits per heavy atom. The summed E-state index contributed by atoms with van der Waals surface area (Å²) in [5.74, 6) is -1.01. The van der Waals surface area contributed by atoms with E-state index in [1.807, 2.05) is 0 Å². The first-order valence-corrected chi connectivity index (χ1v) is 27.9. The fourth-order valence-electron chi connectivity index (χ4n) is 26.2. The average Bonchev–Trinajstić information content (AvgIpc) is 1.43. The van der Waals surface area contributed by atoms with Crippen LogP contribution in [0.2, 0.25) is 0 Å². The van der Waals surface area contributed by atoms with Gasteiger partial charge in [-0.2, -0.15) is 0 Å². The predicted octanol–water partition coefficient (Wildman–Crippen LogP) is 12.2. The zero-order chi connectivity index (χ0) is 47.5. The Labute approximate surface area is 418 Å². The fraction of sp³-hybridized carbons (Fsp3) is 0.130. The van der Waals surface area contributed by atoms with Crippen molar-refractivity contribution in [3.8, 4) is 0 Å². The number of carbonyl (C=O) groups is 2. The number of carbonyl (C=O) groups excluding carboxylic acids is 2. The van der Waals surface area contributed by atoms with Gasteiger partial charge in [-0.3, -0.25) is 9.59 Å². The minimum Gasteiger partial charge on any atom is -0.394 e. The molecule has 0 unspecified atom stereocenters. The number of aliphatic hydroxyl groups excluding tert-OH is 4. The van der Waals surface area contributed by atoms with Crippen LogP contribution in [0.4, 0.5) is 0 Å². The molecule has 2 amide bonds. The summed E-state index contributed by atoms with van der Waals surface area (Å²) in [6, 6.07) is -2.07. The summed E-state index contributed by atoms with van der Waals surface area (Å²) in [7, 11) is 0. The molecule has 0 atom stereocenters. The van der Waals surface area contributed by atoms with E-state index in [9.17, 15) is 20.4 Å². The van der Waals surface area contributed by atoms with Gasteiger partial charge < -0.3 is 31.1 Å². The maximum atomic E-state index is 17.2. The number of hydrogen-bond acceptors (Lipinski definition) is 6. The van der Waals surface area contributed by atoms with Gasteiger partial charge in [-0.15, -0.1) is 0 Å². The molecule has 77 heavy (non-hydrogen) atoms. The van der Waals surface area contributed by atoms with Crippen LogP contribution in [0.15, 0.2) is 0 Å². The van der Waals surface area contributed by atoms with Crippen molar-refractivity contribution < 1.29 is 30.0 Å². The van der Waals surface area contributed by atoms with Crippen LogP contribution in [0, 0.1) is 5.41 Å². The first-order chi connectivity index (χ1) is 38.1. The molecule has 0 bridgehead atoms. The molecule has 8 heteroatoms. The molecule has 28 aromatic rings. The lowest BCUT2D eigenvalue weighted by atomic mass is 9.68. The lowest BCUT2D eigenvalue weighted by Gasteiger charge is -2.32. The van der Waals surface area contributed by atoms with Crippen LogP contribution in [-0.2, 0) is 20.4 Å². The number of rotatable bonds is 8. The highest BCUT2D eigenvalue weighted by Gasteiger charge is 3.00. The van der Waals surface area contributed by atoms with E-state index >= 15 is 9.59 Å². The summed E-state index contributed by atoms with van der Waals surface area (Å²) >= 11 is 0. The number of aliphatic hydroxyl groups is 4. The highest BCUT2D eigenvalue weighted by molar-refractivity contribution is 6.82. The maximum Gasteiger partial charge on any atom is 0.238 e. The highest BCUT2D eigenvalue weighted by atomic mass is 16.3. The molecular weight excluding hydrogens is 953 g/mol. The zero-order valence-electron chi connectivity index (χ0n) is 39.1. The maximum absolute atomic E-state index is 17.2. The highest BCUT2D eigenvalue weighted by Crippen LogP contribution is 2.96. The molecule has 28 aromatic carbocycles. The van der Waals surface area contributed by atoms with Gasteiger partial charge in [0.15, 0.2) is 5.41 Å². The van der Waals surface area contributed by atoms with E-state index < -0.39 is 66.6 Å². The van der Waals surface area contributed by atoms with Gasteiger partial charge in [0.1, 0.15) is 0 Å². The van der Waals surface area contributed by atoms with Gasteiger partial charge in [0.2, 0.25) is 11.8 Å². The number of nitrogens with one attached hydrogen (secondary N) is 2. The Balaban J connectivity index is 1.09. The second kappa shape index (κ2) is 7.29. The summed E-state index contributed by atoms with van der Waals surface area (Å²) in [5, 5.41) is 126. The summed E-state index contributed by atoms with van der Waals surface area (Å²) < 4.78 is 0. The Morgan fingerprint density at radius 1 is 0.234 bits per heavy atom. The van der Waals surface area contributed by atoms with Crippen LogP contribution in [-0.4, -0.2) is 70.8 Å². The second-order valence-electron chi connectivity index (χ2n) is 27.1. The Morgan fingerprint density at radius 2 is 0.351 bits per heavy atom. The molecule has 5 aliphatic rings. The van der Waals surface area contributed by atoms with E-state index in [1.165, 1.54) is 291 Å². The number of amides is 2. The van der Waals surface area contributed by atoms with Gasteiger partial charge in [-0.25, -0.2) is 0 Å². The monoisotopic (exact) mass is 968 g/mol. The molecule has 0 radical (unpaired) electrons. The van der Waals surface area contributed by atoms with Gasteiger partial charge >= 0.3 is 0 Å². The van der Waals surface area contributed by atoms with Crippen LogP contribution < -0.4 is 10.6 Å². The van der Waals surface area contributed by atoms with Crippen molar-refractivity contribution in [3.05, 3.63) is 22.3 Å². The van der Waals surface area contributed by atoms with E-state index in [0.717, 1.165) is 22.3 Å². The van der Waals surface area contributed by atoms with Crippen LogP contribution >= 0.6 is 0 Å². The van der Waals surface area contributed by atoms with Crippen molar-refractivity contribution in [2.24, 2.45) is 5.41 Å². The number of hydrogen-bond donors (Lipinski definition) is 6. The minimum absolute atomic E-state index is 0.507. The van der Waals surface area contributed by atoms with Crippen LogP contribution in [0.3, 0.4) is 0 Å². The van der Waals surface area contributed by atoms with Gasteiger partial charge in [0.25, 0.3) is 0 Å². The lowest BCUT2D eigenvalue weighted by molar-refractivity contribution is -0.140. The average molecular weight is 969 g/mol. The molecular formula is C69H16N2O6. The molecule has 5 aliphatic carbocycles. The van der Waals surface area contributed by atoms with E-state index in [4.69, 9.17) is 0 Å². The third-order valence-corrected chi connectivity index (χ3v) is 26.6. The predicted molar refractivity (Wildman–Crippen MR) is 309 cm³/mol. The third-order valence-electron chi connectivity index (χ3n) is 26.6. The summed E-state index contributed by atoms with van der Waals surface area (Å²) in [5.41, 5.74) is 0.0575. The summed E-state index contributed by atoms with van der Waals surface area (Å²) in [6.45, 7) is -2.03. The molecule has 6 N–H and O–H groups in total. The zero-order valence-corrected chi connectivity index (χ0v) is 39.1. The molecule has 338 valence electrons. The molecule has 8 nitrogen and oxygen atoms in total. The molecule has 33 rings (SSSR count). The standard InChI is InChI=1S/C69H16N2O6/c72-1-5(2-73)70-65(76)69(66(77)71-6(3-74)4-75)67-61-53-45-35-25-17-9-7-8-11-15-13(9)21-29-23(15)33-27-19(11)20-12(8)16-14-10(7)18(17)26-32-22(14)30-24(16)34-28(20)38-37(27)47-41(33)51-43(29)49(39(45)31(21)25)57(61)59(51)63-55(47)56-48(38)42(34)52-44(30)50-40(32)46(36(26)35)54(53)62(67)58(50)60(52)64(56)68(63,67)69/h5-6,72-75H,1-4H2,(H,70,76)(H,71,77). The Hall–Kier alpha value is -8.76. The molecule has 0 saturated heterocycles. The van der Waals surface area contributed by atoms with E-state index in [-0.39, 0.29) is 0 Å². The largest absolute Gasteiger partial charge is 0.394 e. The van der Waals surface area contributed by atoms with Gasteiger partial charge in [-0.05, 0) is 313 Å². The topological polar surface area (TPSA) is 139 Å². The van der Waals surface area contributed by atoms with Crippen LogP contribution in [0.5, 0.6) is 0 Å². The van der Waals surface area contributed by atoms with Gasteiger partial charge in [-0.1, -0.05) is 0 Å². The first-order valence-electron chi connectivity index (χ1n) is 27.9. The molecule has 2 spiro atoms. The van der Waals surface area contributed by atoms with Crippen molar-refractivity contribution in [2.75, 3.05) is 26.4 Å². The first kappa shape index (κ1) is 31.3. The number of benzene rings is 18. The van der Waals surface area contributed by atoms with E-state index in [1.54, 1.807) is 0 Å². The molecule has 0 heterocycles. The van der Waals surface area contributed by atoms with Crippen molar-refractivity contribution >= 4 is 303 Å². The smallest absolute Gasteiger partial charge is 0.238 e. The van der Waals surface area contributed by atoms with E-state index in [0.29, 0.717) is 0 Å². The van der Waals surface area contributed by atoms with Crippen molar-refractivity contribution in [2.45, 2.75) is 22.9 Å². The van der Waals surface area contributed by atoms with E-state index in [2.05, 4.69) is 10.6 Å². The van der Waals surface area contributed by atoms with Crippen molar-refractivity contribution in [1.82, 2.24) is 10.6 Å². The summed E-state index contributed by atoms with van der Waals surface area (Å²) in [4.78, 5) is 34.4. The lowest BCUT2D eigenvalue weighted by Crippen LogP contribution is -2.55. The molecule has 1 saturated carbocycles. The Kier molecular flexibility index (Phi) is 2.96. The Bertz CT molecular complexity index is 6890. The second-order valence-corrected chi connectivity index (χ2v) is 27.1. The van der Waals surface area contributed by atoms with Gasteiger partial charge in [0, 0.05) is 0 Å². The van der Waals surface area contributed by atoms with Crippen LogP contribution in [0.25, 0.3) is 291 Å². The fourth-order valence-corrected chi connectivity index (χ4v) is 26.2.